The highest BCUT2D eigenvalue weighted by Gasteiger charge is 2.36. The number of hydrogen-bond donors (Lipinski definition) is 8. The Labute approximate surface area is 344 Å². The second-order valence-electron chi connectivity index (χ2n) is 14.6. The maximum Gasteiger partial charge on any atom is 0.327 e. The molecule has 2 rings (SSSR count). The van der Waals surface area contributed by atoms with Crippen LogP contribution in [0.1, 0.15) is 65.9 Å². The first-order valence-corrected chi connectivity index (χ1v) is 19.4. The van der Waals surface area contributed by atoms with Crippen LogP contribution in [0.15, 0.2) is 70.9 Å². The van der Waals surface area contributed by atoms with Crippen LogP contribution in [0.5, 0.6) is 0 Å². The van der Waals surface area contributed by atoms with Crippen molar-refractivity contribution >= 4 is 47.4 Å². The fourth-order valence-corrected chi connectivity index (χ4v) is 6.38. The summed E-state index contributed by atoms with van der Waals surface area (Å²) in [6, 6.07) is 4.12. The number of amides is 5. The molecule has 10 N–H and O–H groups in total. The number of ether oxygens (including phenoxy) is 1. The number of guanidine groups is 1. The summed E-state index contributed by atoms with van der Waals surface area (Å²) in [5.41, 5.74) is 12.5. The third kappa shape index (κ3) is 15.7. The molecule has 1 aliphatic rings. The standard InChI is InChI=1S/C41H60N8O10/c1-8-31-38(54)48-34(40(57)58)26(5)36(52)46-29(15-12-20-44-41(42)43)37(53)45-28(25(4)35(51)47-30(39(55)56)18-19-33(50)49(31)6)17-16-23(2)21-24(3)32(59-7)22-27-13-10-9-11-14-27/h8-11,13-14,16-17,21,24-26,28-30,32,34H,12,15,18-20,22H2,1-7H3,(H,45,53)(H,46,52)(H,47,51)(H,48,54)(H,55,56)(H,57,58)(H4,42,43,44)/b17-16+,23-21-,31-8-/t24-,25-,26-,28-,29+,30+,32-,34+/m0/s1. The molecule has 1 saturated heterocycles. The molecule has 0 aliphatic carbocycles. The number of carboxylic acid groups (broad SMARTS) is 2. The highest BCUT2D eigenvalue weighted by Crippen LogP contribution is 2.19. The fraction of sp³-hybridized carbons (Fsp3) is 0.512. The minimum atomic E-state index is -1.80. The number of allylic oxidation sites excluding steroid dienone is 3. The van der Waals surface area contributed by atoms with E-state index in [9.17, 15) is 43.8 Å². The van der Waals surface area contributed by atoms with Gasteiger partial charge in [0.25, 0.3) is 5.91 Å². The maximum absolute atomic E-state index is 14.1. The van der Waals surface area contributed by atoms with E-state index >= 15 is 0 Å². The van der Waals surface area contributed by atoms with Crippen molar-refractivity contribution in [2.45, 2.75) is 97.0 Å². The van der Waals surface area contributed by atoms with Crippen molar-refractivity contribution in [2.75, 3.05) is 20.7 Å². The van der Waals surface area contributed by atoms with Gasteiger partial charge in [0, 0.05) is 33.0 Å². The van der Waals surface area contributed by atoms with Crippen LogP contribution in [0.2, 0.25) is 0 Å². The van der Waals surface area contributed by atoms with Crippen molar-refractivity contribution in [1.29, 1.82) is 0 Å². The van der Waals surface area contributed by atoms with Gasteiger partial charge in [-0.1, -0.05) is 81.0 Å². The van der Waals surface area contributed by atoms with Crippen LogP contribution in [-0.2, 0) is 44.7 Å². The maximum atomic E-state index is 14.1. The summed E-state index contributed by atoms with van der Waals surface area (Å²) in [4.78, 5) is 97.5. The number of rotatable bonds is 13. The second-order valence-corrected chi connectivity index (χ2v) is 14.6. The fourth-order valence-electron chi connectivity index (χ4n) is 6.38. The van der Waals surface area contributed by atoms with Gasteiger partial charge >= 0.3 is 11.9 Å². The van der Waals surface area contributed by atoms with Gasteiger partial charge in [0.15, 0.2) is 5.96 Å². The first-order chi connectivity index (χ1) is 27.8. The zero-order valence-electron chi connectivity index (χ0n) is 34.8. The summed E-state index contributed by atoms with van der Waals surface area (Å²) >= 11 is 0. The summed E-state index contributed by atoms with van der Waals surface area (Å²) in [5, 5.41) is 30.2. The Kier molecular flexibility index (Phi) is 20.0. The van der Waals surface area contributed by atoms with Crippen molar-refractivity contribution in [2.24, 2.45) is 34.2 Å². The Bertz CT molecular complexity index is 1780. The van der Waals surface area contributed by atoms with E-state index in [0.29, 0.717) is 6.42 Å². The molecule has 18 nitrogen and oxygen atoms in total. The topological polar surface area (TPSA) is 285 Å². The van der Waals surface area contributed by atoms with Crippen molar-refractivity contribution < 1.29 is 48.5 Å². The molecule has 1 aromatic carbocycles. The van der Waals surface area contributed by atoms with E-state index in [-0.39, 0.29) is 49.5 Å². The second kappa shape index (κ2) is 24.0. The summed E-state index contributed by atoms with van der Waals surface area (Å²) < 4.78 is 5.79. The number of aliphatic carboxylic acids is 2. The van der Waals surface area contributed by atoms with Crippen LogP contribution in [-0.4, -0.2) is 114 Å². The third-order valence-electron chi connectivity index (χ3n) is 10.1. The Balaban J connectivity index is 2.63. The molecule has 1 fully saturated rings. The minimum absolute atomic E-state index is 0.0326. The number of hydrogen-bond acceptors (Lipinski definition) is 9. The van der Waals surface area contributed by atoms with E-state index < -0.39 is 83.9 Å². The zero-order valence-corrected chi connectivity index (χ0v) is 34.8. The van der Waals surface area contributed by atoms with Crippen LogP contribution in [0.3, 0.4) is 0 Å². The zero-order chi connectivity index (χ0) is 44.4. The molecule has 324 valence electrons. The van der Waals surface area contributed by atoms with E-state index in [4.69, 9.17) is 16.2 Å². The molecular formula is C41H60N8O10. The third-order valence-corrected chi connectivity index (χ3v) is 10.1. The van der Waals surface area contributed by atoms with Gasteiger partial charge in [-0.15, -0.1) is 0 Å². The molecular weight excluding hydrogens is 764 g/mol. The lowest BCUT2D eigenvalue weighted by Gasteiger charge is -2.28. The Morgan fingerprint density at radius 1 is 0.966 bits per heavy atom. The average Bonchev–Trinajstić information content (AvgIpc) is 3.19. The van der Waals surface area contributed by atoms with Crippen LogP contribution in [0.4, 0.5) is 0 Å². The Morgan fingerprint density at radius 2 is 1.61 bits per heavy atom. The number of nitrogens with one attached hydrogen (secondary N) is 4. The first-order valence-electron chi connectivity index (χ1n) is 19.4. The average molecular weight is 825 g/mol. The molecule has 0 bridgehead atoms. The van der Waals surface area contributed by atoms with Crippen LogP contribution in [0.25, 0.3) is 0 Å². The van der Waals surface area contributed by atoms with Gasteiger partial charge in [-0.25, -0.2) is 9.59 Å². The highest BCUT2D eigenvalue weighted by molar-refractivity contribution is 6.00. The quantitative estimate of drug-likeness (QED) is 0.0454. The molecule has 0 radical (unpaired) electrons. The van der Waals surface area contributed by atoms with Gasteiger partial charge in [-0.05, 0) is 45.1 Å². The van der Waals surface area contributed by atoms with Crippen LogP contribution in [0, 0.1) is 17.8 Å². The lowest BCUT2D eigenvalue weighted by molar-refractivity contribution is -0.146. The van der Waals surface area contributed by atoms with Crippen molar-refractivity contribution in [1.82, 2.24) is 26.2 Å². The predicted molar refractivity (Wildman–Crippen MR) is 220 cm³/mol. The number of carbonyl (C=O) groups excluding carboxylic acids is 5. The lowest BCUT2D eigenvalue weighted by atomic mass is 9.94. The normalized spacial score (nSPS) is 25.1. The molecule has 1 heterocycles. The van der Waals surface area contributed by atoms with Gasteiger partial charge in [-0.2, -0.15) is 0 Å². The van der Waals surface area contributed by atoms with Gasteiger partial charge in [0.2, 0.25) is 23.6 Å². The Morgan fingerprint density at radius 3 is 2.19 bits per heavy atom. The molecule has 59 heavy (non-hydrogen) atoms. The molecule has 1 aliphatic heterocycles. The number of carbonyl (C=O) groups is 7. The number of nitrogens with zero attached hydrogens (tertiary/aromatic N) is 2. The minimum Gasteiger partial charge on any atom is -0.480 e. The lowest BCUT2D eigenvalue weighted by Crippen LogP contribution is -2.56. The van der Waals surface area contributed by atoms with Gasteiger partial charge in [0.1, 0.15) is 23.8 Å². The van der Waals surface area contributed by atoms with Gasteiger partial charge < -0.3 is 52.6 Å². The van der Waals surface area contributed by atoms with Crippen molar-refractivity contribution in [3.63, 3.8) is 0 Å². The number of carboxylic acids is 2. The molecule has 0 spiro atoms. The molecule has 0 aromatic heterocycles. The van der Waals surface area contributed by atoms with E-state index in [0.717, 1.165) is 16.0 Å². The van der Waals surface area contributed by atoms with E-state index in [1.54, 1.807) is 19.3 Å². The van der Waals surface area contributed by atoms with Crippen molar-refractivity contribution in [3.05, 3.63) is 71.5 Å². The number of nitrogens with two attached hydrogens (primary N) is 2. The van der Waals surface area contributed by atoms with E-state index in [1.807, 2.05) is 50.3 Å². The van der Waals surface area contributed by atoms with Gasteiger partial charge in [-0.3, -0.25) is 29.0 Å². The van der Waals surface area contributed by atoms with Crippen molar-refractivity contribution in [3.8, 4) is 0 Å². The molecule has 0 unspecified atom stereocenters. The van der Waals surface area contributed by atoms with E-state index in [2.05, 4.69) is 26.3 Å². The smallest absolute Gasteiger partial charge is 0.327 e. The molecule has 18 heteroatoms. The number of benzene rings is 1. The Hall–Kier alpha value is -6.04. The van der Waals surface area contributed by atoms with Crippen LogP contribution < -0.4 is 32.7 Å². The highest BCUT2D eigenvalue weighted by atomic mass is 16.5. The SMILES string of the molecule is C/C=C1/C(=O)N[C@@H](C(=O)O)[C@H](C)C(=O)N[C@H](CCCN=C(N)N)C(=O)N[C@@H](/C=C/C(C)=C\[C@H](C)[C@H](Cc2ccccc2)OC)[C@H](C)C(=O)N[C@@H](C(=O)O)CCC(=O)N1C. The molecule has 5 amide bonds. The number of likely N-dealkylation sites (N-methyl/N-ethyl adjacent to an activating group) is 1. The van der Waals surface area contributed by atoms with Crippen LogP contribution >= 0.6 is 0 Å². The molecule has 0 saturated carbocycles. The number of aliphatic imine (C=N–C) groups is 1. The molecule has 1 aromatic rings. The van der Waals surface area contributed by atoms with Gasteiger partial charge in [0.05, 0.1) is 24.0 Å². The first kappa shape index (κ1) is 49.1. The largest absolute Gasteiger partial charge is 0.480 e. The summed E-state index contributed by atoms with van der Waals surface area (Å²) in [6.45, 7) is 8.07. The summed E-state index contributed by atoms with van der Waals surface area (Å²) in [5.74, 6) is -9.91. The summed E-state index contributed by atoms with van der Waals surface area (Å²) in [7, 11) is 2.88. The summed E-state index contributed by atoms with van der Waals surface area (Å²) in [6.07, 6.45) is 6.35. The number of methoxy groups -OCH3 is 1. The molecule has 8 atom stereocenters. The predicted octanol–water partition coefficient (Wildman–Crippen LogP) is 0.973. The van der Waals surface area contributed by atoms with E-state index in [1.165, 1.54) is 33.9 Å². The monoisotopic (exact) mass is 824 g/mol.